The molecule has 5 nitrogen and oxygen atoms in total. The quantitative estimate of drug-likeness (QED) is 0.860. The lowest BCUT2D eigenvalue weighted by Gasteiger charge is -2.27. The number of anilines is 2. The van der Waals surface area contributed by atoms with Crippen LogP contribution in [0.15, 0.2) is 60.7 Å². The Morgan fingerprint density at radius 3 is 1.62 bits per heavy atom. The number of amides is 2. The maximum atomic E-state index is 12.9. The number of hydrogen-bond acceptors (Lipinski definition) is 3. The molecule has 1 saturated heterocycles. The number of para-hydroxylation sites is 2. The fraction of sp³-hybridized carbons (Fsp3) is 0.263. The summed E-state index contributed by atoms with van der Waals surface area (Å²) in [5.74, 6) is -1.20. The van der Waals surface area contributed by atoms with E-state index in [-0.39, 0.29) is 6.42 Å². The third-order valence-corrected chi connectivity index (χ3v) is 4.19. The number of nitrogens with zero attached hydrogens (tertiary/aromatic N) is 2. The van der Waals surface area contributed by atoms with Gasteiger partial charge in [0.05, 0.1) is 11.4 Å². The highest BCUT2D eigenvalue weighted by atomic mass is 16.3. The molecule has 3 rings (SSSR count). The standard InChI is InChI=1S/C19H20N2O3/c1-2-3-14-19(24)17(22)20(15-10-6-4-7-11-15)21(18(19)23)16-12-8-5-9-13-16/h4-13,24H,2-3,14H2,1H3. The lowest BCUT2D eigenvalue weighted by molar-refractivity contribution is -0.145. The van der Waals surface area contributed by atoms with Gasteiger partial charge in [-0.05, 0) is 37.1 Å². The minimum absolute atomic E-state index is 0.119. The summed E-state index contributed by atoms with van der Waals surface area (Å²) in [4.78, 5) is 25.9. The zero-order valence-corrected chi connectivity index (χ0v) is 13.6. The van der Waals surface area contributed by atoms with E-state index in [0.717, 1.165) is 6.42 Å². The summed E-state index contributed by atoms with van der Waals surface area (Å²) < 4.78 is 0. The van der Waals surface area contributed by atoms with Crippen molar-refractivity contribution in [2.45, 2.75) is 31.8 Å². The molecule has 24 heavy (non-hydrogen) atoms. The van der Waals surface area contributed by atoms with Gasteiger partial charge in [0, 0.05) is 0 Å². The molecular weight excluding hydrogens is 304 g/mol. The molecule has 0 bridgehead atoms. The molecule has 2 aromatic rings. The SMILES string of the molecule is CCCCC1(O)C(=O)N(c2ccccc2)N(c2ccccc2)C1=O. The van der Waals surface area contributed by atoms with Crippen molar-refractivity contribution in [2.24, 2.45) is 0 Å². The summed E-state index contributed by atoms with van der Waals surface area (Å²) in [6, 6.07) is 17.8. The summed E-state index contributed by atoms with van der Waals surface area (Å²) in [7, 11) is 0. The molecule has 0 radical (unpaired) electrons. The Labute approximate surface area is 141 Å². The van der Waals surface area contributed by atoms with Gasteiger partial charge < -0.3 is 5.11 Å². The van der Waals surface area contributed by atoms with E-state index in [9.17, 15) is 14.7 Å². The highest BCUT2D eigenvalue weighted by Crippen LogP contribution is 2.36. The van der Waals surface area contributed by atoms with Crippen LogP contribution in [0.1, 0.15) is 26.2 Å². The monoisotopic (exact) mass is 324 g/mol. The molecule has 124 valence electrons. The van der Waals surface area contributed by atoms with Crippen molar-refractivity contribution in [2.75, 3.05) is 10.0 Å². The molecule has 0 atom stereocenters. The van der Waals surface area contributed by atoms with Gasteiger partial charge in [-0.3, -0.25) is 9.59 Å². The minimum atomic E-state index is -2.01. The number of hydrazine groups is 1. The number of unbranched alkanes of at least 4 members (excludes halogenated alkanes) is 1. The van der Waals surface area contributed by atoms with Crippen LogP contribution in [0.2, 0.25) is 0 Å². The second kappa shape index (κ2) is 6.45. The van der Waals surface area contributed by atoms with Crippen molar-refractivity contribution < 1.29 is 14.7 Å². The van der Waals surface area contributed by atoms with E-state index < -0.39 is 17.4 Å². The van der Waals surface area contributed by atoms with Gasteiger partial charge in [0.2, 0.25) is 5.60 Å². The van der Waals surface area contributed by atoms with E-state index in [1.807, 2.05) is 19.1 Å². The molecule has 2 amide bonds. The van der Waals surface area contributed by atoms with Gasteiger partial charge in [-0.15, -0.1) is 0 Å². The Balaban J connectivity index is 2.09. The zero-order chi connectivity index (χ0) is 17.2. The van der Waals surface area contributed by atoms with Gasteiger partial charge in [-0.1, -0.05) is 49.7 Å². The van der Waals surface area contributed by atoms with Crippen LogP contribution in [0, 0.1) is 0 Å². The first-order chi connectivity index (χ1) is 11.6. The fourth-order valence-corrected chi connectivity index (χ4v) is 2.87. The van der Waals surface area contributed by atoms with Crippen LogP contribution in [0.5, 0.6) is 0 Å². The molecule has 0 saturated carbocycles. The third kappa shape index (κ3) is 2.57. The number of benzene rings is 2. The lowest BCUT2D eigenvalue weighted by atomic mass is 9.96. The van der Waals surface area contributed by atoms with E-state index in [1.54, 1.807) is 48.5 Å². The summed E-state index contributed by atoms with van der Waals surface area (Å²) in [5, 5.41) is 13.4. The molecule has 1 aliphatic rings. The Hall–Kier alpha value is -2.66. The van der Waals surface area contributed by atoms with Gasteiger partial charge in [-0.25, -0.2) is 10.0 Å². The number of carbonyl (C=O) groups excluding carboxylic acids is 2. The largest absolute Gasteiger partial charge is 0.371 e. The first-order valence-corrected chi connectivity index (χ1v) is 8.11. The molecule has 1 N–H and O–H groups in total. The topological polar surface area (TPSA) is 60.9 Å². The van der Waals surface area contributed by atoms with E-state index in [2.05, 4.69) is 0 Å². The first kappa shape index (κ1) is 16.2. The van der Waals surface area contributed by atoms with Gasteiger partial charge in [0.1, 0.15) is 0 Å². The molecule has 0 aromatic heterocycles. The number of rotatable bonds is 5. The van der Waals surface area contributed by atoms with Crippen molar-refractivity contribution in [1.29, 1.82) is 0 Å². The highest BCUT2D eigenvalue weighted by Gasteiger charge is 2.58. The van der Waals surface area contributed by atoms with E-state index in [4.69, 9.17) is 0 Å². The molecule has 1 fully saturated rings. The third-order valence-electron chi connectivity index (χ3n) is 4.19. The molecule has 2 aromatic carbocycles. The maximum Gasteiger partial charge on any atom is 0.288 e. The van der Waals surface area contributed by atoms with Crippen molar-refractivity contribution in [1.82, 2.24) is 0 Å². The molecule has 0 spiro atoms. The predicted molar refractivity (Wildman–Crippen MR) is 92.3 cm³/mol. The van der Waals surface area contributed by atoms with Crippen LogP contribution < -0.4 is 10.0 Å². The number of aliphatic hydroxyl groups is 1. The van der Waals surface area contributed by atoms with Gasteiger partial charge in [-0.2, -0.15) is 0 Å². The van der Waals surface area contributed by atoms with Gasteiger partial charge >= 0.3 is 0 Å². The average Bonchev–Trinajstić information content (AvgIpc) is 2.83. The minimum Gasteiger partial charge on any atom is -0.371 e. The second-order valence-corrected chi connectivity index (χ2v) is 5.87. The molecule has 0 aliphatic carbocycles. The average molecular weight is 324 g/mol. The molecule has 1 aliphatic heterocycles. The molecule has 5 heteroatoms. The lowest BCUT2D eigenvalue weighted by Crippen LogP contribution is -2.44. The molecular formula is C19H20N2O3. The molecule has 1 heterocycles. The van der Waals surface area contributed by atoms with Crippen LogP contribution in [-0.4, -0.2) is 22.5 Å². The van der Waals surface area contributed by atoms with E-state index in [1.165, 1.54) is 10.0 Å². The van der Waals surface area contributed by atoms with Gasteiger partial charge in [0.25, 0.3) is 11.8 Å². The normalized spacial score (nSPS) is 16.8. The number of carbonyl (C=O) groups is 2. The van der Waals surface area contributed by atoms with Crippen LogP contribution in [0.25, 0.3) is 0 Å². The van der Waals surface area contributed by atoms with E-state index >= 15 is 0 Å². The highest BCUT2D eigenvalue weighted by molar-refractivity contribution is 6.28. The van der Waals surface area contributed by atoms with Crippen LogP contribution >= 0.6 is 0 Å². The van der Waals surface area contributed by atoms with Gasteiger partial charge in [0.15, 0.2) is 0 Å². The summed E-state index contributed by atoms with van der Waals surface area (Å²) >= 11 is 0. The van der Waals surface area contributed by atoms with Crippen molar-refractivity contribution in [3.63, 3.8) is 0 Å². The second-order valence-electron chi connectivity index (χ2n) is 5.87. The fourth-order valence-electron chi connectivity index (χ4n) is 2.87. The summed E-state index contributed by atoms with van der Waals surface area (Å²) in [5.41, 5.74) is -0.916. The van der Waals surface area contributed by atoms with E-state index in [0.29, 0.717) is 17.8 Å². The summed E-state index contributed by atoms with van der Waals surface area (Å²) in [6.07, 6.45) is 1.51. The molecule has 0 unspecified atom stereocenters. The zero-order valence-electron chi connectivity index (χ0n) is 13.6. The van der Waals surface area contributed by atoms with Crippen molar-refractivity contribution in [3.8, 4) is 0 Å². The van der Waals surface area contributed by atoms with Crippen molar-refractivity contribution >= 4 is 23.2 Å². The Morgan fingerprint density at radius 1 is 0.833 bits per heavy atom. The number of hydrogen-bond donors (Lipinski definition) is 1. The Morgan fingerprint density at radius 2 is 1.25 bits per heavy atom. The first-order valence-electron chi connectivity index (χ1n) is 8.11. The smallest absolute Gasteiger partial charge is 0.288 e. The Kier molecular flexibility index (Phi) is 4.36. The van der Waals surface area contributed by atoms with Crippen LogP contribution in [0.4, 0.5) is 11.4 Å². The van der Waals surface area contributed by atoms with Crippen LogP contribution in [0.3, 0.4) is 0 Å². The summed E-state index contributed by atoms with van der Waals surface area (Å²) in [6.45, 7) is 1.96. The Bertz CT molecular complexity index is 673. The van der Waals surface area contributed by atoms with Crippen LogP contribution in [-0.2, 0) is 9.59 Å². The van der Waals surface area contributed by atoms with Crippen molar-refractivity contribution in [3.05, 3.63) is 60.7 Å². The maximum absolute atomic E-state index is 12.9. The predicted octanol–water partition coefficient (Wildman–Crippen LogP) is 2.90.